The average Bonchev–Trinajstić information content (AvgIpc) is 3.12. The number of ether oxygens (including phenoxy) is 1. The van der Waals surface area contributed by atoms with Crippen LogP contribution >= 0.6 is 11.3 Å². The Morgan fingerprint density at radius 2 is 1.62 bits per heavy atom. The summed E-state index contributed by atoms with van der Waals surface area (Å²) in [4.78, 5) is 26.4. The molecule has 1 fully saturated rings. The van der Waals surface area contributed by atoms with E-state index in [0.29, 0.717) is 11.1 Å². The number of rotatable bonds is 3. The van der Waals surface area contributed by atoms with Gasteiger partial charge in [-0.15, -0.1) is 11.3 Å². The van der Waals surface area contributed by atoms with Gasteiger partial charge in [-0.05, 0) is 56.5 Å². The Balaban J connectivity index is 2.01. The molecule has 1 aromatic heterocycles. The van der Waals surface area contributed by atoms with Crippen LogP contribution in [-0.2, 0) is 14.3 Å². The van der Waals surface area contributed by atoms with Gasteiger partial charge >= 0.3 is 11.9 Å². The highest BCUT2D eigenvalue weighted by atomic mass is 32.1. The van der Waals surface area contributed by atoms with Crippen LogP contribution in [0, 0.1) is 6.92 Å². The van der Waals surface area contributed by atoms with Crippen molar-refractivity contribution in [3.63, 3.8) is 0 Å². The molecule has 0 saturated carbocycles. The summed E-state index contributed by atoms with van der Waals surface area (Å²) < 4.78 is 4.84. The minimum Gasteiger partial charge on any atom is -0.386 e. The van der Waals surface area contributed by atoms with E-state index in [1.54, 1.807) is 11.3 Å². The Kier molecular flexibility index (Phi) is 5.05. The summed E-state index contributed by atoms with van der Waals surface area (Å²) >= 11 is 1.66. The number of carbonyl (C=O) groups excluding carboxylic acids is 2. The molecule has 0 radical (unpaired) electrons. The molecule has 4 heteroatoms. The SMILES string of the molecule is CC(C)=C1C(=O)OC(=O)C1=C(C)c1cc(C=Cc2ccccc2)sc1C. The van der Waals surface area contributed by atoms with Crippen LogP contribution in [0.25, 0.3) is 17.7 Å². The molecular weight excluding hydrogens is 344 g/mol. The summed E-state index contributed by atoms with van der Waals surface area (Å²) in [7, 11) is 0. The molecule has 1 aromatic carbocycles. The predicted octanol–water partition coefficient (Wildman–Crippen LogP) is 5.42. The van der Waals surface area contributed by atoms with Crippen LogP contribution in [0.4, 0.5) is 0 Å². The topological polar surface area (TPSA) is 43.4 Å². The van der Waals surface area contributed by atoms with Crippen LogP contribution in [0.1, 0.15) is 41.7 Å². The van der Waals surface area contributed by atoms with E-state index in [1.807, 2.05) is 58.0 Å². The van der Waals surface area contributed by atoms with E-state index in [9.17, 15) is 9.59 Å². The molecule has 0 aliphatic carbocycles. The van der Waals surface area contributed by atoms with Gasteiger partial charge < -0.3 is 4.74 Å². The van der Waals surface area contributed by atoms with Crippen molar-refractivity contribution in [3.8, 4) is 0 Å². The van der Waals surface area contributed by atoms with Crippen LogP contribution in [0.3, 0.4) is 0 Å². The maximum absolute atomic E-state index is 12.2. The van der Waals surface area contributed by atoms with Crippen molar-refractivity contribution in [2.45, 2.75) is 27.7 Å². The molecule has 0 N–H and O–H groups in total. The Morgan fingerprint density at radius 1 is 0.962 bits per heavy atom. The highest BCUT2D eigenvalue weighted by Gasteiger charge is 2.36. The van der Waals surface area contributed by atoms with Crippen LogP contribution in [0.2, 0.25) is 0 Å². The summed E-state index contributed by atoms with van der Waals surface area (Å²) in [6.45, 7) is 7.53. The zero-order chi connectivity index (χ0) is 18.8. The van der Waals surface area contributed by atoms with Gasteiger partial charge in [-0.25, -0.2) is 9.59 Å². The Morgan fingerprint density at radius 3 is 2.27 bits per heavy atom. The monoisotopic (exact) mass is 364 g/mol. The second-order valence-corrected chi connectivity index (χ2v) is 7.70. The second-order valence-electron chi connectivity index (χ2n) is 6.41. The van der Waals surface area contributed by atoms with Gasteiger partial charge in [0.15, 0.2) is 0 Å². The number of hydrogen-bond donors (Lipinski definition) is 0. The minimum absolute atomic E-state index is 0.384. The molecule has 1 aliphatic heterocycles. The van der Waals surface area contributed by atoms with Crippen molar-refractivity contribution < 1.29 is 14.3 Å². The van der Waals surface area contributed by atoms with Crippen LogP contribution in [0.15, 0.2) is 53.1 Å². The third-order valence-electron chi connectivity index (χ3n) is 4.30. The number of aryl methyl sites for hydroxylation is 1. The predicted molar refractivity (Wildman–Crippen MR) is 106 cm³/mol. The van der Waals surface area contributed by atoms with Crippen molar-refractivity contribution in [3.05, 3.63) is 74.0 Å². The molecular formula is C22H20O3S. The number of thiophene rings is 1. The first-order valence-electron chi connectivity index (χ1n) is 8.37. The van der Waals surface area contributed by atoms with Crippen molar-refractivity contribution in [1.82, 2.24) is 0 Å². The zero-order valence-electron chi connectivity index (χ0n) is 15.3. The summed E-state index contributed by atoms with van der Waals surface area (Å²) in [5.74, 6) is -1.11. The lowest BCUT2D eigenvalue weighted by atomic mass is 9.95. The Hall–Kier alpha value is -2.72. The molecule has 1 saturated heterocycles. The van der Waals surface area contributed by atoms with Gasteiger partial charge in [0.05, 0.1) is 11.1 Å². The Bertz CT molecular complexity index is 968. The quantitative estimate of drug-likeness (QED) is 0.415. The fourth-order valence-electron chi connectivity index (χ4n) is 3.02. The first-order valence-corrected chi connectivity index (χ1v) is 9.19. The van der Waals surface area contributed by atoms with E-state index < -0.39 is 11.9 Å². The smallest absolute Gasteiger partial charge is 0.347 e. The maximum atomic E-state index is 12.2. The normalized spacial score (nSPS) is 16.4. The molecule has 26 heavy (non-hydrogen) atoms. The molecule has 0 amide bonds. The van der Waals surface area contributed by atoms with E-state index >= 15 is 0 Å². The zero-order valence-corrected chi connectivity index (χ0v) is 16.1. The fraction of sp³-hybridized carbons (Fsp3) is 0.182. The van der Waals surface area contributed by atoms with Gasteiger partial charge in [0.1, 0.15) is 0 Å². The van der Waals surface area contributed by atoms with Gasteiger partial charge in [0.2, 0.25) is 0 Å². The summed E-state index contributed by atoms with van der Waals surface area (Å²) in [5, 5.41) is 0. The molecule has 0 bridgehead atoms. The van der Waals surface area contributed by atoms with Crippen molar-refractivity contribution in [2.24, 2.45) is 0 Å². The van der Waals surface area contributed by atoms with Crippen molar-refractivity contribution in [1.29, 1.82) is 0 Å². The third kappa shape index (κ3) is 3.46. The summed E-state index contributed by atoms with van der Waals surface area (Å²) in [5.41, 5.74) is 4.45. The number of esters is 2. The molecule has 0 unspecified atom stereocenters. The van der Waals surface area contributed by atoms with Gasteiger partial charge in [-0.3, -0.25) is 0 Å². The number of benzene rings is 1. The largest absolute Gasteiger partial charge is 0.386 e. The van der Waals surface area contributed by atoms with Gasteiger partial charge in [0.25, 0.3) is 0 Å². The third-order valence-corrected chi connectivity index (χ3v) is 5.31. The Labute approximate surface area is 157 Å². The lowest BCUT2D eigenvalue weighted by molar-refractivity contribution is -0.149. The van der Waals surface area contributed by atoms with Gasteiger partial charge in [-0.2, -0.15) is 0 Å². The first-order chi connectivity index (χ1) is 12.4. The number of allylic oxidation sites excluding steroid dienone is 2. The molecule has 1 aliphatic rings. The number of hydrogen-bond acceptors (Lipinski definition) is 4. The average molecular weight is 364 g/mol. The lowest BCUT2D eigenvalue weighted by Gasteiger charge is -2.05. The van der Waals surface area contributed by atoms with E-state index in [2.05, 4.69) is 18.2 Å². The highest BCUT2D eigenvalue weighted by Crippen LogP contribution is 2.36. The first kappa shape index (κ1) is 18.1. The summed E-state index contributed by atoms with van der Waals surface area (Å²) in [6.07, 6.45) is 4.13. The summed E-state index contributed by atoms with van der Waals surface area (Å²) in [6, 6.07) is 12.1. The maximum Gasteiger partial charge on any atom is 0.347 e. The molecule has 2 aromatic rings. The highest BCUT2D eigenvalue weighted by molar-refractivity contribution is 7.13. The number of carbonyl (C=O) groups is 2. The molecule has 3 nitrogen and oxygen atoms in total. The van der Waals surface area contributed by atoms with E-state index in [-0.39, 0.29) is 0 Å². The molecule has 2 heterocycles. The van der Waals surface area contributed by atoms with Crippen LogP contribution in [0.5, 0.6) is 0 Å². The fourth-order valence-corrected chi connectivity index (χ4v) is 4.01. The van der Waals surface area contributed by atoms with Gasteiger partial charge in [0, 0.05) is 9.75 Å². The van der Waals surface area contributed by atoms with E-state index in [4.69, 9.17) is 4.74 Å². The second kappa shape index (κ2) is 7.26. The van der Waals surface area contributed by atoms with Crippen molar-refractivity contribution in [2.75, 3.05) is 0 Å². The molecule has 0 atom stereocenters. The van der Waals surface area contributed by atoms with Gasteiger partial charge in [-0.1, -0.05) is 42.0 Å². The minimum atomic E-state index is -0.560. The number of cyclic esters (lactones) is 2. The molecule has 0 spiro atoms. The standard InChI is InChI=1S/C22H20O3S/c1-13(2)19-20(22(24)25-21(19)23)14(3)18-12-17(26-15(18)4)11-10-16-8-6-5-7-9-16/h5-12H,1-4H3. The lowest BCUT2D eigenvalue weighted by Crippen LogP contribution is -1.99. The molecule has 3 rings (SSSR count). The van der Waals surface area contributed by atoms with E-state index in [0.717, 1.165) is 32.0 Å². The van der Waals surface area contributed by atoms with Crippen LogP contribution in [-0.4, -0.2) is 11.9 Å². The van der Waals surface area contributed by atoms with Crippen LogP contribution < -0.4 is 0 Å². The van der Waals surface area contributed by atoms with Crippen molar-refractivity contribution >= 4 is 41.0 Å². The molecule has 132 valence electrons. The van der Waals surface area contributed by atoms with E-state index in [1.165, 1.54) is 0 Å².